The molecule has 1 N–H and O–H groups in total. The van der Waals surface area contributed by atoms with Crippen molar-refractivity contribution in [3.63, 3.8) is 0 Å². The van der Waals surface area contributed by atoms with E-state index in [2.05, 4.69) is 5.32 Å². The number of anilines is 1. The highest BCUT2D eigenvalue weighted by molar-refractivity contribution is 5.86. The number of Topliss-reactive ketones (excluding diaryl/α,β-unsaturated/α-hetero) is 1. The van der Waals surface area contributed by atoms with Crippen LogP contribution in [0.25, 0.3) is 0 Å². The summed E-state index contributed by atoms with van der Waals surface area (Å²) >= 11 is 0. The minimum Gasteiger partial charge on any atom is -0.376 e. The Kier molecular flexibility index (Phi) is 4.44. The van der Waals surface area contributed by atoms with Crippen molar-refractivity contribution in [2.24, 2.45) is 0 Å². The van der Waals surface area contributed by atoms with Crippen molar-refractivity contribution in [2.45, 2.75) is 37.6 Å². The minimum atomic E-state index is -0.332. The van der Waals surface area contributed by atoms with Crippen LogP contribution < -0.4 is 5.32 Å². The first-order chi connectivity index (χ1) is 9.22. The molecule has 1 aliphatic rings. The average molecular weight is 259 g/mol. The van der Waals surface area contributed by atoms with Crippen molar-refractivity contribution in [1.29, 1.82) is 0 Å². The zero-order chi connectivity index (χ0) is 13.7. The third-order valence-corrected chi connectivity index (χ3v) is 3.44. The lowest BCUT2D eigenvalue weighted by Crippen LogP contribution is -2.22. The van der Waals surface area contributed by atoms with Gasteiger partial charge in [-0.2, -0.15) is 0 Å². The Morgan fingerprint density at radius 1 is 1.21 bits per heavy atom. The van der Waals surface area contributed by atoms with Crippen LogP contribution in [0, 0.1) is 0 Å². The van der Waals surface area contributed by atoms with Crippen LogP contribution in [0.4, 0.5) is 5.69 Å². The summed E-state index contributed by atoms with van der Waals surface area (Å²) in [5, 5.41) is 3.08. The van der Waals surface area contributed by atoms with Gasteiger partial charge in [0.1, 0.15) is 18.4 Å². The molecule has 4 nitrogen and oxygen atoms in total. The Morgan fingerprint density at radius 2 is 1.89 bits per heavy atom. The second-order valence-corrected chi connectivity index (χ2v) is 4.90. The summed E-state index contributed by atoms with van der Waals surface area (Å²) in [5.41, 5.74) is 2.03. The van der Waals surface area contributed by atoms with Gasteiger partial charge in [0, 0.05) is 24.9 Å². The number of rotatable bonds is 7. The molecule has 0 bridgehead atoms. The van der Waals surface area contributed by atoms with Gasteiger partial charge >= 0.3 is 0 Å². The molecule has 0 heterocycles. The van der Waals surface area contributed by atoms with E-state index in [1.165, 1.54) is 5.56 Å². The van der Waals surface area contributed by atoms with Gasteiger partial charge in [-0.1, -0.05) is 12.1 Å². The number of carbonyl (C=O) groups excluding carboxylic acids is 3. The summed E-state index contributed by atoms with van der Waals surface area (Å²) in [5.74, 6) is 0.681. The molecular weight excluding hydrogens is 242 g/mol. The van der Waals surface area contributed by atoms with E-state index in [1.54, 1.807) is 0 Å². The van der Waals surface area contributed by atoms with E-state index >= 15 is 0 Å². The standard InChI is InChI=1S/C15H17NO3/c17-7-1-2-14(10-18)16-13-5-3-11(4-6-13)12-8-15(19)9-12/h3-7,10,12,14,16H,1-2,8-9H2. The Bertz CT molecular complexity index is 459. The number of carbonyl (C=O) groups is 3. The molecule has 0 amide bonds. The third-order valence-electron chi connectivity index (χ3n) is 3.44. The summed E-state index contributed by atoms with van der Waals surface area (Å²) < 4.78 is 0. The van der Waals surface area contributed by atoms with Crippen LogP contribution in [-0.4, -0.2) is 24.4 Å². The van der Waals surface area contributed by atoms with Crippen LogP contribution in [0.3, 0.4) is 0 Å². The fourth-order valence-corrected chi connectivity index (χ4v) is 2.21. The second kappa shape index (κ2) is 6.27. The highest BCUT2D eigenvalue weighted by Crippen LogP contribution is 2.33. The van der Waals surface area contributed by atoms with Crippen molar-refractivity contribution in [2.75, 3.05) is 5.32 Å². The molecule has 1 aromatic rings. The lowest BCUT2D eigenvalue weighted by atomic mass is 9.79. The maximum atomic E-state index is 11.0. The van der Waals surface area contributed by atoms with E-state index in [4.69, 9.17) is 0 Å². The molecule has 0 aliphatic heterocycles. The lowest BCUT2D eigenvalue weighted by molar-refractivity contribution is -0.124. The van der Waals surface area contributed by atoms with E-state index in [0.717, 1.165) is 18.3 Å². The van der Waals surface area contributed by atoms with Gasteiger partial charge in [0.25, 0.3) is 0 Å². The molecule has 0 spiro atoms. The fourth-order valence-electron chi connectivity index (χ4n) is 2.21. The van der Waals surface area contributed by atoms with Crippen LogP contribution in [-0.2, 0) is 14.4 Å². The Labute approximate surface area is 112 Å². The van der Waals surface area contributed by atoms with Crippen LogP contribution in [0.15, 0.2) is 24.3 Å². The third kappa shape index (κ3) is 3.50. The van der Waals surface area contributed by atoms with Crippen LogP contribution in [0.1, 0.15) is 37.2 Å². The van der Waals surface area contributed by atoms with Gasteiger partial charge in [-0.05, 0) is 30.0 Å². The summed E-state index contributed by atoms with van der Waals surface area (Å²) in [4.78, 5) is 32.1. The Balaban J connectivity index is 1.92. The molecule has 1 fully saturated rings. The molecule has 1 unspecified atom stereocenters. The molecule has 100 valence electrons. The van der Waals surface area contributed by atoms with Gasteiger partial charge in [-0.15, -0.1) is 0 Å². The zero-order valence-corrected chi connectivity index (χ0v) is 10.7. The first-order valence-electron chi connectivity index (χ1n) is 6.50. The normalized spacial score (nSPS) is 16.5. The Morgan fingerprint density at radius 3 is 2.42 bits per heavy atom. The smallest absolute Gasteiger partial charge is 0.142 e. The predicted molar refractivity (Wildman–Crippen MR) is 72.2 cm³/mol. The molecule has 19 heavy (non-hydrogen) atoms. The number of ketones is 1. The van der Waals surface area contributed by atoms with Gasteiger partial charge in [0.15, 0.2) is 0 Å². The zero-order valence-electron chi connectivity index (χ0n) is 10.7. The highest BCUT2D eigenvalue weighted by atomic mass is 16.1. The van der Waals surface area contributed by atoms with Gasteiger partial charge in [0.2, 0.25) is 0 Å². The molecule has 1 atom stereocenters. The summed E-state index contributed by atoms with van der Waals surface area (Å²) in [7, 11) is 0. The summed E-state index contributed by atoms with van der Waals surface area (Å²) in [6.07, 6.45) is 3.80. The number of benzene rings is 1. The van der Waals surface area contributed by atoms with Crippen molar-refractivity contribution < 1.29 is 14.4 Å². The predicted octanol–water partition coefficient (Wildman–Crippen LogP) is 2.09. The highest BCUT2D eigenvalue weighted by Gasteiger charge is 2.27. The summed E-state index contributed by atoms with van der Waals surface area (Å²) in [6.45, 7) is 0. The van der Waals surface area contributed by atoms with E-state index in [-0.39, 0.29) is 6.04 Å². The SMILES string of the molecule is O=CCCC(C=O)Nc1ccc(C2CC(=O)C2)cc1. The molecule has 2 rings (SSSR count). The number of hydrogen-bond donors (Lipinski definition) is 1. The molecule has 4 heteroatoms. The van der Waals surface area contributed by atoms with E-state index in [1.807, 2.05) is 24.3 Å². The summed E-state index contributed by atoms with van der Waals surface area (Å²) in [6, 6.07) is 7.47. The number of aldehydes is 2. The topological polar surface area (TPSA) is 63.2 Å². The van der Waals surface area contributed by atoms with Crippen molar-refractivity contribution in [3.05, 3.63) is 29.8 Å². The van der Waals surface area contributed by atoms with Gasteiger partial charge in [-0.25, -0.2) is 0 Å². The van der Waals surface area contributed by atoms with Gasteiger partial charge in [0.05, 0.1) is 6.04 Å². The van der Waals surface area contributed by atoms with Gasteiger partial charge < -0.3 is 14.9 Å². The first kappa shape index (κ1) is 13.5. The number of nitrogens with one attached hydrogen (secondary N) is 1. The Hall–Kier alpha value is -1.97. The lowest BCUT2D eigenvalue weighted by Gasteiger charge is -2.24. The van der Waals surface area contributed by atoms with Crippen LogP contribution in [0.5, 0.6) is 0 Å². The van der Waals surface area contributed by atoms with Gasteiger partial charge in [-0.3, -0.25) is 4.79 Å². The fraction of sp³-hybridized carbons (Fsp3) is 0.400. The molecule has 1 aliphatic carbocycles. The second-order valence-electron chi connectivity index (χ2n) is 4.90. The van der Waals surface area contributed by atoms with Crippen LogP contribution in [0.2, 0.25) is 0 Å². The van der Waals surface area contributed by atoms with Crippen LogP contribution >= 0.6 is 0 Å². The number of hydrogen-bond acceptors (Lipinski definition) is 4. The maximum absolute atomic E-state index is 11.0. The molecule has 1 saturated carbocycles. The van der Waals surface area contributed by atoms with Crippen molar-refractivity contribution in [3.8, 4) is 0 Å². The van der Waals surface area contributed by atoms with Crippen molar-refractivity contribution >= 4 is 24.0 Å². The molecular formula is C15H17NO3. The van der Waals surface area contributed by atoms with E-state index in [9.17, 15) is 14.4 Å². The molecule has 1 aromatic carbocycles. The van der Waals surface area contributed by atoms with E-state index < -0.39 is 0 Å². The van der Waals surface area contributed by atoms with E-state index in [0.29, 0.717) is 37.4 Å². The quantitative estimate of drug-likeness (QED) is 0.762. The monoisotopic (exact) mass is 259 g/mol. The first-order valence-corrected chi connectivity index (χ1v) is 6.50. The molecule has 0 aromatic heterocycles. The average Bonchev–Trinajstić information content (AvgIpc) is 2.41. The molecule has 0 saturated heterocycles. The largest absolute Gasteiger partial charge is 0.376 e. The maximum Gasteiger partial charge on any atom is 0.142 e. The molecule has 0 radical (unpaired) electrons. The van der Waals surface area contributed by atoms with Crippen molar-refractivity contribution in [1.82, 2.24) is 0 Å². The minimum absolute atomic E-state index is 0.321.